The Balaban J connectivity index is 2.28. The second kappa shape index (κ2) is 5.16. The van der Waals surface area contributed by atoms with Gasteiger partial charge in [-0.2, -0.15) is 0 Å². The largest absolute Gasteiger partial charge is 0.331 e. The second-order valence-corrected chi connectivity index (χ2v) is 4.77. The number of rotatable bonds is 2. The standard InChI is InChI=1S/C13H10N2O3S/c1-4-12-14-11(6-19-12)9-5-10(13(17)7(9)2)15-18-8(3)16/h1,6H,5H2,2-3H3/b15-10+. The number of allylic oxidation sites excluding steroid dienone is 2. The summed E-state index contributed by atoms with van der Waals surface area (Å²) in [5.74, 6) is 1.66. The van der Waals surface area contributed by atoms with Crippen molar-refractivity contribution < 1.29 is 14.4 Å². The number of hydrogen-bond acceptors (Lipinski definition) is 6. The van der Waals surface area contributed by atoms with Crippen molar-refractivity contribution in [2.24, 2.45) is 5.16 Å². The number of carbonyl (C=O) groups is 2. The fraction of sp³-hybridized carbons (Fsp3) is 0.231. The number of thiazole rings is 1. The Kier molecular flexibility index (Phi) is 3.58. The molecule has 0 bridgehead atoms. The lowest BCUT2D eigenvalue weighted by molar-refractivity contribution is -0.140. The zero-order valence-corrected chi connectivity index (χ0v) is 11.2. The Morgan fingerprint density at radius 1 is 1.63 bits per heavy atom. The SMILES string of the molecule is C#Cc1nc(C2=C(C)C(=O)/C(=N/OC(C)=O)C2)cs1. The predicted molar refractivity (Wildman–Crippen MR) is 71.5 cm³/mol. The molecule has 96 valence electrons. The summed E-state index contributed by atoms with van der Waals surface area (Å²) >= 11 is 1.34. The molecule has 6 heteroatoms. The molecule has 0 aromatic carbocycles. The summed E-state index contributed by atoms with van der Waals surface area (Å²) in [6.45, 7) is 2.92. The van der Waals surface area contributed by atoms with Gasteiger partial charge in [-0.25, -0.2) is 9.78 Å². The van der Waals surface area contributed by atoms with Crippen LogP contribution in [0.2, 0.25) is 0 Å². The fourth-order valence-corrected chi connectivity index (χ4v) is 2.33. The molecule has 19 heavy (non-hydrogen) atoms. The summed E-state index contributed by atoms with van der Waals surface area (Å²) in [7, 11) is 0. The molecule has 0 saturated carbocycles. The molecular formula is C13H10N2O3S. The van der Waals surface area contributed by atoms with E-state index in [9.17, 15) is 9.59 Å². The molecule has 0 N–H and O–H groups in total. The van der Waals surface area contributed by atoms with E-state index in [1.165, 1.54) is 18.3 Å². The molecule has 1 aromatic heterocycles. The van der Waals surface area contributed by atoms with Gasteiger partial charge in [0, 0.05) is 24.3 Å². The van der Waals surface area contributed by atoms with Crippen LogP contribution in [0.3, 0.4) is 0 Å². The Hall–Kier alpha value is -2.26. The van der Waals surface area contributed by atoms with Crippen LogP contribution in [-0.4, -0.2) is 22.4 Å². The summed E-state index contributed by atoms with van der Waals surface area (Å²) in [6.07, 6.45) is 5.56. The molecule has 0 spiro atoms. The summed E-state index contributed by atoms with van der Waals surface area (Å²) in [6, 6.07) is 0. The van der Waals surface area contributed by atoms with Gasteiger partial charge in [0.1, 0.15) is 5.71 Å². The van der Waals surface area contributed by atoms with Crippen molar-refractivity contribution in [1.82, 2.24) is 4.98 Å². The normalized spacial score (nSPS) is 16.9. The minimum atomic E-state index is -0.560. The van der Waals surface area contributed by atoms with Gasteiger partial charge >= 0.3 is 5.97 Å². The minimum absolute atomic E-state index is 0.206. The van der Waals surface area contributed by atoms with Crippen LogP contribution < -0.4 is 0 Å². The second-order valence-electron chi connectivity index (χ2n) is 3.91. The van der Waals surface area contributed by atoms with Crippen LogP contribution in [0.25, 0.3) is 5.57 Å². The van der Waals surface area contributed by atoms with Crippen molar-refractivity contribution >= 4 is 34.4 Å². The van der Waals surface area contributed by atoms with Gasteiger partial charge in [0.25, 0.3) is 0 Å². The molecule has 1 heterocycles. The van der Waals surface area contributed by atoms with Crippen LogP contribution in [-0.2, 0) is 14.4 Å². The third-order valence-corrected chi connectivity index (χ3v) is 3.39. The maximum atomic E-state index is 11.9. The molecule has 1 aliphatic rings. The molecule has 0 radical (unpaired) electrons. The quantitative estimate of drug-likeness (QED) is 0.468. The van der Waals surface area contributed by atoms with Crippen molar-refractivity contribution in [3.05, 3.63) is 21.7 Å². The number of aromatic nitrogens is 1. The Labute approximate surface area is 114 Å². The maximum Gasteiger partial charge on any atom is 0.331 e. The van der Waals surface area contributed by atoms with Crippen molar-refractivity contribution in [2.75, 3.05) is 0 Å². The van der Waals surface area contributed by atoms with Crippen LogP contribution in [0.1, 0.15) is 31.0 Å². The van der Waals surface area contributed by atoms with Crippen molar-refractivity contribution in [1.29, 1.82) is 0 Å². The van der Waals surface area contributed by atoms with Crippen molar-refractivity contribution in [3.63, 3.8) is 0 Å². The van der Waals surface area contributed by atoms with Crippen LogP contribution in [0.15, 0.2) is 16.1 Å². The zero-order chi connectivity index (χ0) is 14.0. The highest BCUT2D eigenvalue weighted by atomic mass is 32.1. The molecule has 0 fully saturated rings. The fourth-order valence-electron chi connectivity index (χ4n) is 1.69. The monoisotopic (exact) mass is 274 g/mol. The number of ketones is 1. The third kappa shape index (κ3) is 2.61. The molecule has 0 atom stereocenters. The molecule has 0 unspecified atom stereocenters. The van der Waals surface area contributed by atoms with E-state index in [1.807, 2.05) is 0 Å². The average molecular weight is 274 g/mol. The molecule has 2 rings (SSSR count). The highest BCUT2D eigenvalue weighted by Gasteiger charge is 2.29. The molecular weight excluding hydrogens is 264 g/mol. The van der Waals surface area contributed by atoms with Gasteiger partial charge in [-0.3, -0.25) is 4.79 Å². The van der Waals surface area contributed by atoms with Gasteiger partial charge in [0.15, 0.2) is 5.01 Å². The maximum absolute atomic E-state index is 11.9. The topological polar surface area (TPSA) is 68.6 Å². The lowest BCUT2D eigenvalue weighted by atomic mass is 10.1. The van der Waals surface area contributed by atoms with E-state index in [1.54, 1.807) is 12.3 Å². The third-order valence-electron chi connectivity index (χ3n) is 2.62. The van der Waals surface area contributed by atoms with Gasteiger partial charge in [-0.1, -0.05) is 5.16 Å². The van der Waals surface area contributed by atoms with Gasteiger partial charge in [-0.05, 0) is 18.4 Å². The molecule has 1 aromatic rings. The van der Waals surface area contributed by atoms with E-state index in [0.29, 0.717) is 22.7 Å². The number of Topliss-reactive ketones (excluding diaryl/α,β-unsaturated/α-hetero) is 1. The first kappa shape index (κ1) is 13.2. The predicted octanol–water partition coefficient (Wildman–Crippen LogP) is 1.79. The first-order valence-corrected chi connectivity index (χ1v) is 6.32. The van der Waals surface area contributed by atoms with Gasteiger partial charge < -0.3 is 4.84 Å². The summed E-state index contributed by atoms with van der Waals surface area (Å²) in [5, 5.41) is 5.93. The molecule has 1 aliphatic carbocycles. The van der Waals surface area contributed by atoms with Gasteiger partial charge in [-0.15, -0.1) is 17.8 Å². The first-order chi connectivity index (χ1) is 9.02. The summed E-state index contributed by atoms with van der Waals surface area (Å²) in [5.41, 5.74) is 2.21. The van der Waals surface area contributed by atoms with Crippen LogP contribution in [0, 0.1) is 12.3 Å². The number of terminal acetylenes is 1. The van der Waals surface area contributed by atoms with Gasteiger partial charge in [0.05, 0.1) is 5.69 Å². The lowest BCUT2D eigenvalue weighted by Crippen LogP contribution is -2.09. The van der Waals surface area contributed by atoms with E-state index < -0.39 is 5.97 Å². The number of hydrogen-bond donors (Lipinski definition) is 0. The smallest absolute Gasteiger partial charge is 0.318 e. The molecule has 0 amide bonds. The Morgan fingerprint density at radius 2 is 2.37 bits per heavy atom. The first-order valence-electron chi connectivity index (χ1n) is 5.44. The zero-order valence-electron chi connectivity index (χ0n) is 10.4. The number of nitrogens with zero attached hydrogens (tertiary/aromatic N) is 2. The van der Waals surface area contributed by atoms with E-state index >= 15 is 0 Å². The molecule has 0 saturated heterocycles. The van der Waals surface area contributed by atoms with Crippen molar-refractivity contribution in [3.8, 4) is 12.3 Å². The lowest BCUT2D eigenvalue weighted by Gasteiger charge is -1.96. The minimum Gasteiger partial charge on any atom is -0.318 e. The van der Waals surface area contributed by atoms with Crippen LogP contribution in [0.4, 0.5) is 0 Å². The van der Waals surface area contributed by atoms with Crippen molar-refractivity contribution in [2.45, 2.75) is 20.3 Å². The highest BCUT2D eigenvalue weighted by Crippen LogP contribution is 2.30. The Bertz CT molecular complexity index is 662. The van der Waals surface area contributed by atoms with Crippen LogP contribution in [0.5, 0.6) is 0 Å². The summed E-state index contributed by atoms with van der Waals surface area (Å²) in [4.78, 5) is 31.4. The van der Waals surface area contributed by atoms with Gasteiger partial charge in [0.2, 0.25) is 5.78 Å². The van der Waals surface area contributed by atoms with E-state index in [-0.39, 0.29) is 11.5 Å². The van der Waals surface area contributed by atoms with E-state index in [4.69, 9.17) is 6.42 Å². The average Bonchev–Trinajstić information content (AvgIpc) is 2.95. The molecule has 0 aliphatic heterocycles. The molecule has 5 nitrogen and oxygen atoms in total. The number of oxime groups is 1. The van der Waals surface area contributed by atoms with Crippen LogP contribution >= 0.6 is 11.3 Å². The van der Waals surface area contributed by atoms with E-state index in [2.05, 4.69) is 20.9 Å². The Morgan fingerprint density at radius 3 is 2.95 bits per heavy atom. The summed E-state index contributed by atoms with van der Waals surface area (Å²) < 4.78 is 0. The van der Waals surface area contributed by atoms with E-state index in [0.717, 1.165) is 5.57 Å². The highest BCUT2D eigenvalue weighted by molar-refractivity contribution is 7.10. The number of carbonyl (C=O) groups excluding carboxylic acids is 2.